The molecule has 18 heavy (non-hydrogen) atoms. The van der Waals surface area contributed by atoms with Crippen LogP contribution in [0, 0.1) is 0 Å². The molecule has 1 aromatic rings. The van der Waals surface area contributed by atoms with E-state index in [0.717, 1.165) is 5.56 Å². The third-order valence-electron chi connectivity index (χ3n) is 2.26. The Hall–Kier alpha value is -1.62. The number of carboxylic acid groups (broad SMARTS) is 1. The molecule has 0 bridgehead atoms. The molecule has 1 atom stereocenters. The fourth-order valence-corrected chi connectivity index (χ4v) is 1.61. The molecule has 5 heteroatoms. The summed E-state index contributed by atoms with van der Waals surface area (Å²) < 4.78 is 0. The number of carboxylic acids is 1. The van der Waals surface area contributed by atoms with Gasteiger partial charge in [-0.2, -0.15) is 0 Å². The van der Waals surface area contributed by atoms with Gasteiger partial charge in [-0.15, -0.1) is 0 Å². The first-order valence-corrected chi connectivity index (χ1v) is 6.55. The van der Waals surface area contributed by atoms with Crippen LogP contribution < -0.4 is 5.32 Å². The molecule has 96 valence electrons. The minimum absolute atomic E-state index is 0.268. The Bertz CT molecular complexity index is 431. The largest absolute Gasteiger partial charge is 0.480 e. The number of amides is 1. The first kappa shape index (κ1) is 14.4. The highest BCUT2D eigenvalue weighted by Crippen LogP contribution is 2.03. The van der Waals surface area contributed by atoms with Crippen LogP contribution in [0.25, 0.3) is 0 Å². The van der Waals surface area contributed by atoms with E-state index in [2.05, 4.69) is 21.2 Å². The summed E-state index contributed by atoms with van der Waals surface area (Å²) in [6, 6.07) is 8.27. The zero-order valence-electron chi connectivity index (χ0n) is 9.67. The number of rotatable bonds is 6. The van der Waals surface area contributed by atoms with Gasteiger partial charge in [-0.05, 0) is 11.6 Å². The molecule has 1 amide bonds. The molecule has 1 rings (SSSR count). The molecule has 0 saturated carbocycles. The SMILES string of the molecule is O=C(C=CCBr)NC(Cc1ccccc1)C(=O)O. The molecule has 0 aromatic heterocycles. The summed E-state index contributed by atoms with van der Waals surface area (Å²) in [5, 5.41) is 12.1. The topological polar surface area (TPSA) is 66.4 Å². The lowest BCUT2D eigenvalue weighted by Gasteiger charge is -2.13. The fraction of sp³-hybridized carbons (Fsp3) is 0.231. The zero-order valence-corrected chi connectivity index (χ0v) is 11.3. The first-order chi connectivity index (χ1) is 8.63. The Morgan fingerprint density at radius 3 is 2.56 bits per heavy atom. The highest BCUT2D eigenvalue weighted by atomic mass is 79.9. The molecule has 0 aliphatic heterocycles. The predicted molar refractivity (Wildman–Crippen MR) is 72.6 cm³/mol. The van der Waals surface area contributed by atoms with Crippen LogP contribution >= 0.6 is 15.9 Å². The number of aliphatic carboxylic acids is 1. The van der Waals surface area contributed by atoms with E-state index in [4.69, 9.17) is 5.11 Å². The van der Waals surface area contributed by atoms with Crippen LogP contribution in [0.5, 0.6) is 0 Å². The van der Waals surface area contributed by atoms with Gasteiger partial charge in [0.2, 0.25) is 5.91 Å². The summed E-state index contributed by atoms with van der Waals surface area (Å²) in [4.78, 5) is 22.5. The molecule has 0 spiro atoms. The minimum Gasteiger partial charge on any atom is -0.480 e. The number of carbonyl (C=O) groups excluding carboxylic acids is 1. The van der Waals surface area contributed by atoms with Gasteiger partial charge >= 0.3 is 5.97 Å². The van der Waals surface area contributed by atoms with Crippen molar-refractivity contribution in [3.63, 3.8) is 0 Å². The summed E-state index contributed by atoms with van der Waals surface area (Å²) in [6.07, 6.45) is 3.19. The van der Waals surface area contributed by atoms with E-state index >= 15 is 0 Å². The second-order valence-electron chi connectivity index (χ2n) is 3.65. The van der Waals surface area contributed by atoms with Crippen molar-refractivity contribution >= 4 is 27.8 Å². The second kappa shape index (κ2) is 7.66. The third-order valence-corrected chi connectivity index (χ3v) is 2.63. The summed E-state index contributed by atoms with van der Waals surface area (Å²) in [5.74, 6) is -1.45. The van der Waals surface area contributed by atoms with Crippen molar-refractivity contribution in [2.45, 2.75) is 12.5 Å². The van der Waals surface area contributed by atoms with E-state index in [9.17, 15) is 9.59 Å². The molecule has 0 aliphatic carbocycles. The Labute approximate surface area is 114 Å². The van der Waals surface area contributed by atoms with Crippen molar-refractivity contribution in [3.8, 4) is 0 Å². The normalized spacial score (nSPS) is 12.3. The average molecular weight is 312 g/mol. The lowest BCUT2D eigenvalue weighted by atomic mass is 10.1. The Kier molecular flexibility index (Phi) is 6.14. The van der Waals surface area contributed by atoms with E-state index in [1.165, 1.54) is 6.08 Å². The highest BCUT2D eigenvalue weighted by Gasteiger charge is 2.19. The number of hydrogen-bond acceptors (Lipinski definition) is 2. The number of allylic oxidation sites excluding steroid dienone is 1. The number of alkyl halides is 1. The van der Waals surface area contributed by atoms with Gasteiger partial charge in [-0.3, -0.25) is 4.79 Å². The maximum Gasteiger partial charge on any atom is 0.326 e. The van der Waals surface area contributed by atoms with Crippen LogP contribution in [0.4, 0.5) is 0 Å². The fourth-order valence-electron chi connectivity index (χ4n) is 1.42. The third kappa shape index (κ3) is 5.14. The van der Waals surface area contributed by atoms with Gasteiger partial charge < -0.3 is 10.4 Å². The number of carbonyl (C=O) groups is 2. The van der Waals surface area contributed by atoms with Crippen molar-refractivity contribution in [3.05, 3.63) is 48.0 Å². The Balaban J connectivity index is 2.64. The van der Waals surface area contributed by atoms with Gasteiger partial charge in [0.15, 0.2) is 0 Å². The summed E-state index contributed by atoms with van der Waals surface area (Å²) in [6.45, 7) is 0. The van der Waals surface area contributed by atoms with Gasteiger partial charge in [0.05, 0.1) is 0 Å². The molecule has 0 saturated heterocycles. The molecular weight excluding hydrogens is 298 g/mol. The molecule has 2 N–H and O–H groups in total. The van der Waals surface area contributed by atoms with Crippen LogP contribution in [0.3, 0.4) is 0 Å². The van der Waals surface area contributed by atoms with E-state index in [0.29, 0.717) is 5.33 Å². The molecule has 0 aliphatic rings. The minimum atomic E-state index is -1.04. The van der Waals surface area contributed by atoms with Gasteiger partial charge in [0.1, 0.15) is 6.04 Å². The standard InChI is InChI=1S/C13H14BrNO3/c14-8-4-7-12(16)15-11(13(17)18)9-10-5-2-1-3-6-10/h1-7,11H,8-9H2,(H,15,16)(H,17,18). The molecular formula is C13H14BrNO3. The van der Waals surface area contributed by atoms with E-state index in [-0.39, 0.29) is 6.42 Å². The maximum absolute atomic E-state index is 11.4. The van der Waals surface area contributed by atoms with E-state index < -0.39 is 17.9 Å². The second-order valence-corrected chi connectivity index (χ2v) is 4.29. The van der Waals surface area contributed by atoms with E-state index in [1.54, 1.807) is 6.08 Å². The zero-order chi connectivity index (χ0) is 13.4. The van der Waals surface area contributed by atoms with Crippen molar-refractivity contribution in [1.82, 2.24) is 5.32 Å². The lowest BCUT2D eigenvalue weighted by Crippen LogP contribution is -2.41. The smallest absolute Gasteiger partial charge is 0.326 e. The number of halogens is 1. The molecule has 4 nitrogen and oxygen atoms in total. The molecule has 0 heterocycles. The number of hydrogen-bond donors (Lipinski definition) is 2. The van der Waals surface area contributed by atoms with Gasteiger partial charge in [-0.1, -0.05) is 52.3 Å². The lowest BCUT2D eigenvalue weighted by molar-refractivity contribution is -0.141. The van der Waals surface area contributed by atoms with Crippen LogP contribution in [0.15, 0.2) is 42.5 Å². The van der Waals surface area contributed by atoms with Crippen molar-refractivity contribution in [2.75, 3.05) is 5.33 Å². The summed E-state index contributed by atoms with van der Waals surface area (Å²) in [7, 11) is 0. The first-order valence-electron chi connectivity index (χ1n) is 5.43. The summed E-state index contributed by atoms with van der Waals surface area (Å²) in [5.41, 5.74) is 0.870. The monoisotopic (exact) mass is 311 g/mol. The Morgan fingerprint density at radius 2 is 2.00 bits per heavy atom. The molecule has 1 unspecified atom stereocenters. The molecule has 0 fully saturated rings. The Morgan fingerprint density at radius 1 is 1.33 bits per heavy atom. The highest BCUT2D eigenvalue weighted by molar-refractivity contribution is 9.09. The van der Waals surface area contributed by atoms with Gasteiger partial charge in [0.25, 0.3) is 0 Å². The maximum atomic E-state index is 11.4. The average Bonchev–Trinajstić information content (AvgIpc) is 2.36. The predicted octanol–water partition coefficient (Wildman–Crippen LogP) is 1.75. The van der Waals surface area contributed by atoms with Gasteiger partial charge in [0, 0.05) is 11.8 Å². The molecule has 0 radical (unpaired) electrons. The quantitative estimate of drug-likeness (QED) is 0.621. The number of benzene rings is 1. The summed E-state index contributed by atoms with van der Waals surface area (Å²) >= 11 is 3.14. The van der Waals surface area contributed by atoms with Crippen LogP contribution in [-0.2, 0) is 16.0 Å². The van der Waals surface area contributed by atoms with Crippen LogP contribution in [0.1, 0.15) is 5.56 Å². The van der Waals surface area contributed by atoms with Gasteiger partial charge in [-0.25, -0.2) is 4.79 Å². The van der Waals surface area contributed by atoms with Crippen LogP contribution in [0.2, 0.25) is 0 Å². The number of nitrogens with one attached hydrogen (secondary N) is 1. The molecule has 1 aromatic carbocycles. The van der Waals surface area contributed by atoms with Crippen LogP contribution in [-0.4, -0.2) is 28.4 Å². The van der Waals surface area contributed by atoms with Crippen molar-refractivity contribution in [1.29, 1.82) is 0 Å². The van der Waals surface area contributed by atoms with E-state index in [1.807, 2.05) is 30.3 Å². The van der Waals surface area contributed by atoms with Crippen molar-refractivity contribution < 1.29 is 14.7 Å². The van der Waals surface area contributed by atoms with Crippen molar-refractivity contribution in [2.24, 2.45) is 0 Å².